The van der Waals surface area contributed by atoms with Crippen LogP contribution in [-0.2, 0) is 13.0 Å². The number of hydrogen-bond acceptors (Lipinski definition) is 3. The predicted octanol–water partition coefficient (Wildman–Crippen LogP) is 5.08. The molecule has 3 nitrogen and oxygen atoms in total. The van der Waals surface area contributed by atoms with Gasteiger partial charge in [0.05, 0.1) is 6.04 Å². The molecule has 1 heterocycles. The van der Waals surface area contributed by atoms with Crippen LogP contribution < -0.4 is 10.6 Å². The molecule has 0 spiro atoms. The van der Waals surface area contributed by atoms with Gasteiger partial charge in [-0.25, -0.2) is 8.78 Å². The van der Waals surface area contributed by atoms with Crippen molar-refractivity contribution in [2.75, 3.05) is 7.05 Å². The van der Waals surface area contributed by atoms with E-state index in [0.29, 0.717) is 13.0 Å². The van der Waals surface area contributed by atoms with Gasteiger partial charge in [0.15, 0.2) is 0 Å². The average Bonchev–Trinajstić information content (AvgIpc) is 2.65. The Bertz CT molecular complexity index is 651. The van der Waals surface area contributed by atoms with Gasteiger partial charge in [-0.05, 0) is 55.5 Å². The monoisotopic (exact) mass is 377 g/mol. The van der Waals surface area contributed by atoms with Gasteiger partial charge in [-0.3, -0.25) is 4.98 Å². The molecule has 27 heavy (non-hydrogen) atoms. The Morgan fingerprint density at radius 2 is 2.07 bits per heavy atom. The van der Waals surface area contributed by atoms with Gasteiger partial charge in [0.2, 0.25) is 6.43 Å². The summed E-state index contributed by atoms with van der Waals surface area (Å²) in [6, 6.07) is 2.12. The number of nitrogens with zero attached hydrogens (tertiary/aromatic N) is 1. The zero-order chi connectivity index (χ0) is 20.2. The lowest BCUT2D eigenvalue weighted by Crippen LogP contribution is -2.27. The molecule has 0 bridgehead atoms. The average molecular weight is 378 g/mol. The van der Waals surface area contributed by atoms with Crippen LogP contribution in [0.5, 0.6) is 0 Å². The Morgan fingerprint density at radius 1 is 1.33 bits per heavy atom. The van der Waals surface area contributed by atoms with Gasteiger partial charge in [0.1, 0.15) is 0 Å². The Labute approximate surface area is 162 Å². The molecule has 150 valence electrons. The summed E-state index contributed by atoms with van der Waals surface area (Å²) in [6.45, 7) is 10.9. The van der Waals surface area contributed by atoms with Crippen molar-refractivity contribution in [3.05, 3.63) is 65.2 Å². The highest BCUT2D eigenvalue weighted by atomic mass is 19.3. The van der Waals surface area contributed by atoms with E-state index in [4.69, 9.17) is 0 Å². The first-order valence-electron chi connectivity index (χ1n) is 9.60. The number of aryl methyl sites for hydroxylation is 2. The molecular weight excluding hydrogens is 344 g/mol. The van der Waals surface area contributed by atoms with E-state index in [1.165, 1.54) is 0 Å². The zero-order valence-electron chi connectivity index (χ0n) is 17.0. The molecule has 1 aromatic heterocycles. The van der Waals surface area contributed by atoms with Crippen molar-refractivity contribution >= 4 is 0 Å². The first-order valence-corrected chi connectivity index (χ1v) is 9.60. The fourth-order valence-corrected chi connectivity index (χ4v) is 2.79. The second-order valence-electron chi connectivity index (χ2n) is 6.58. The van der Waals surface area contributed by atoms with Gasteiger partial charge in [0.25, 0.3) is 0 Å². The fraction of sp³-hybridized carbons (Fsp3) is 0.500. The van der Waals surface area contributed by atoms with Crippen molar-refractivity contribution in [3.63, 3.8) is 0 Å². The third-order valence-electron chi connectivity index (χ3n) is 4.45. The first kappa shape index (κ1) is 23.0. The molecule has 0 fully saturated rings. The summed E-state index contributed by atoms with van der Waals surface area (Å²) in [7, 11) is 1.94. The van der Waals surface area contributed by atoms with Gasteiger partial charge in [-0.15, -0.1) is 0 Å². The van der Waals surface area contributed by atoms with Gasteiger partial charge in [0, 0.05) is 31.1 Å². The summed E-state index contributed by atoms with van der Waals surface area (Å²) in [5.41, 5.74) is 4.93. The zero-order valence-corrected chi connectivity index (χ0v) is 17.0. The largest absolute Gasteiger partial charge is 0.386 e. The highest BCUT2D eigenvalue weighted by Crippen LogP contribution is 2.17. The number of allylic oxidation sites excluding steroid dienone is 1. The van der Waals surface area contributed by atoms with Crippen LogP contribution in [0.2, 0.25) is 0 Å². The van der Waals surface area contributed by atoms with E-state index in [0.717, 1.165) is 40.8 Å². The molecule has 1 atom stereocenters. The first-order chi connectivity index (χ1) is 12.9. The second-order valence-corrected chi connectivity index (χ2v) is 6.58. The Kier molecular flexibility index (Phi) is 10.6. The molecule has 0 aliphatic carbocycles. The number of likely N-dealkylation sites (N-methyl/N-ethyl adjacent to an activating group) is 1. The maximum atomic E-state index is 12.4. The smallest absolute Gasteiger partial charge is 0.239 e. The summed E-state index contributed by atoms with van der Waals surface area (Å²) < 4.78 is 24.8. The summed E-state index contributed by atoms with van der Waals surface area (Å²) in [5, 5.41) is 6.66. The third kappa shape index (κ3) is 8.04. The number of aromatic nitrogens is 1. The molecule has 0 saturated carbocycles. The third-order valence-corrected chi connectivity index (χ3v) is 4.45. The molecule has 0 radical (unpaired) electrons. The topological polar surface area (TPSA) is 37.0 Å². The molecule has 0 saturated heterocycles. The van der Waals surface area contributed by atoms with E-state index in [2.05, 4.69) is 48.2 Å². The molecule has 1 rings (SSSR count). The van der Waals surface area contributed by atoms with Crippen LogP contribution in [0.3, 0.4) is 0 Å². The lowest BCUT2D eigenvalue weighted by atomic mass is 9.98. The summed E-state index contributed by atoms with van der Waals surface area (Å²) in [5.74, 6) is 0. The van der Waals surface area contributed by atoms with E-state index in [1.807, 2.05) is 26.2 Å². The quantitative estimate of drug-likeness (QED) is 0.394. The highest BCUT2D eigenvalue weighted by Gasteiger charge is 2.11. The molecule has 5 heteroatoms. The van der Waals surface area contributed by atoms with Crippen LogP contribution in [0.1, 0.15) is 49.9 Å². The van der Waals surface area contributed by atoms with Crippen molar-refractivity contribution in [1.29, 1.82) is 0 Å². The SMILES string of the molecule is C=C(CC)/C(=C/NCc1cnc(CCC(F)F)c(C)c1)C(/C=C\CC)NC. The Morgan fingerprint density at radius 3 is 2.63 bits per heavy atom. The number of pyridine rings is 1. The van der Waals surface area contributed by atoms with Gasteiger partial charge >= 0.3 is 0 Å². The van der Waals surface area contributed by atoms with Crippen molar-refractivity contribution in [1.82, 2.24) is 15.6 Å². The maximum absolute atomic E-state index is 12.4. The lowest BCUT2D eigenvalue weighted by molar-refractivity contribution is 0.137. The number of nitrogens with one attached hydrogen (secondary N) is 2. The maximum Gasteiger partial charge on any atom is 0.239 e. The standard InChI is InChI=1S/C22H33F2N3/c1-6-8-9-21(25-5)19(16(3)7-2)15-26-13-18-12-17(4)20(27-14-18)10-11-22(23)24/h8-9,12,14-15,21-22,25-26H,3,6-7,10-11,13H2,1-2,4-5H3/b9-8-,19-15-. The van der Waals surface area contributed by atoms with Crippen molar-refractivity contribution in [2.45, 2.75) is 65.5 Å². The van der Waals surface area contributed by atoms with Crippen LogP contribution in [0, 0.1) is 6.92 Å². The van der Waals surface area contributed by atoms with Crippen LogP contribution >= 0.6 is 0 Å². The number of halogens is 2. The van der Waals surface area contributed by atoms with E-state index in [-0.39, 0.29) is 12.5 Å². The minimum absolute atomic E-state index is 0.112. The van der Waals surface area contributed by atoms with Gasteiger partial charge in [-0.2, -0.15) is 0 Å². The van der Waals surface area contributed by atoms with Gasteiger partial charge in [-0.1, -0.05) is 38.6 Å². The predicted molar refractivity (Wildman–Crippen MR) is 110 cm³/mol. The van der Waals surface area contributed by atoms with E-state index >= 15 is 0 Å². The van der Waals surface area contributed by atoms with Crippen molar-refractivity contribution in [2.24, 2.45) is 0 Å². The van der Waals surface area contributed by atoms with Crippen LogP contribution in [0.25, 0.3) is 0 Å². The summed E-state index contributed by atoms with van der Waals surface area (Å²) in [4.78, 5) is 4.36. The molecule has 2 N–H and O–H groups in total. The van der Waals surface area contributed by atoms with Crippen LogP contribution in [0.15, 0.2) is 48.3 Å². The van der Waals surface area contributed by atoms with Crippen molar-refractivity contribution in [3.8, 4) is 0 Å². The number of hydrogen-bond donors (Lipinski definition) is 2. The Hall–Kier alpha value is -2.01. The van der Waals surface area contributed by atoms with Crippen LogP contribution in [0.4, 0.5) is 8.78 Å². The highest BCUT2D eigenvalue weighted by molar-refractivity contribution is 5.36. The minimum Gasteiger partial charge on any atom is -0.386 e. The molecule has 0 aromatic carbocycles. The molecule has 0 aliphatic heterocycles. The number of alkyl halides is 2. The minimum atomic E-state index is -2.29. The van der Waals surface area contributed by atoms with E-state index in [1.54, 1.807) is 6.20 Å². The molecule has 0 aliphatic rings. The van der Waals surface area contributed by atoms with Crippen LogP contribution in [-0.4, -0.2) is 24.5 Å². The lowest BCUT2D eigenvalue weighted by Gasteiger charge is -2.19. The van der Waals surface area contributed by atoms with Gasteiger partial charge < -0.3 is 10.6 Å². The van der Waals surface area contributed by atoms with Crippen molar-refractivity contribution < 1.29 is 8.78 Å². The van der Waals surface area contributed by atoms with E-state index < -0.39 is 6.43 Å². The second kappa shape index (κ2) is 12.4. The van der Waals surface area contributed by atoms with E-state index in [9.17, 15) is 8.78 Å². The molecular formula is C22H33F2N3. The normalized spacial score (nSPS) is 13.4. The molecule has 0 amide bonds. The number of rotatable bonds is 12. The fourth-order valence-electron chi connectivity index (χ4n) is 2.79. The summed E-state index contributed by atoms with van der Waals surface area (Å²) in [6.07, 6.45) is 7.80. The molecule has 1 unspecified atom stereocenters. The Balaban J connectivity index is 2.81. The molecule has 1 aromatic rings. The summed E-state index contributed by atoms with van der Waals surface area (Å²) >= 11 is 0.